The summed E-state index contributed by atoms with van der Waals surface area (Å²) in [5, 5.41) is 11.8. The number of aromatic nitrogens is 1. The second-order valence-corrected chi connectivity index (χ2v) is 12.2. The van der Waals surface area contributed by atoms with E-state index in [2.05, 4.69) is 26.3 Å². The van der Waals surface area contributed by atoms with Crippen LogP contribution in [0.5, 0.6) is 11.5 Å². The third-order valence-electron chi connectivity index (χ3n) is 7.57. The van der Waals surface area contributed by atoms with Crippen LogP contribution in [0.4, 0.5) is 15.3 Å². The van der Waals surface area contributed by atoms with Gasteiger partial charge in [0.25, 0.3) is 0 Å². The zero-order valence-electron chi connectivity index (χ0n) is 24.9. The Bertz CT molecular complexity index is 1310. The Kier molecular flexibility index (Phi) is 9.54. The highest BCUT2D eigenvalue weighted by molar-refractivity contribution is 5.90. The number of urea groups is 1. The summed E-state index contributed by atoms with van der Waals surface area (Å²) in [5.74, 6) is 1.11. The van der Waals surface area contributed by atoms with E-state index in [0.717, 1.165) is 25.7 Å². The van der Waals surface area contributed by atoms with E-state index in [4.69, 9.17) is 18.9 Å². The molecule has 5 rings (SSSR count). The highest BCUT2D eigenvalue weighted by atomic mass is 16.6. The molecule has 2 fully saturated rings. The maximum absolute atomic E-state index is 12.8. The van der Waals surface area contributed by atoms with E-state index in [1.807, 2.05) is 39.0 Å². The highest BCUT2D eigenvalue weighted by Crippen LogP contribution is 2.40. The standard InChI is InChI=1S/C31H41N5O7/c1-31(2,3)43-30(39)36-21-8-7-20(15-21)34-29(38)35-22-9-12-32-25(16-22)24-5-4-6-26-27(24)42-23(18-41-26)17-33-28(37)19-10-13-40-14-11-19/h4-6,9,12,16,19-21,23H,7-8,10-11,13-15,17-18H2,1-3H3,(H,33,37)(H,36,39)(H2,32,34,35,38)/t20-,21+,23?/m1/s1. The quantitative estimate of drug-likeness (QED) is 0.375. The van der Waals surface area contributed by atoms with Gasteiger partial charge in [0.15, 0.2) is 11.5 Å². The zero-order chi connectivity index (χ0) is 30.4. The molecule has 1 aromatic heterocycles. The van der Waals surface area contributed by atoms with Crippen molar-refractivity contribution in [3.63, 3.8) is 0 Å². The summed E-state index contributed by atoms with van der Waals surface area (Å²) >= 11 is 0. The Morgan fingerprint density at radius 1 is 1.02 bits per heavy atom. The maximum Gasteiger partial charge on any atom is 0.407 e. The molecule has 3 heterocycles. The molecule has 232 valence electrons. The van der Waals surface area contributed by atoms with Crippen LogP contribution >= 0.6 is 0 Å². The van der Waals surface area contributed by atoms with Crippen molar-refractivity contribution in [3.05, 3.63) is 36.5 Å². The summed E-state index contributed by atoms with van der Waals surface area (Å²) < 4.78 is 22.9. The van der Waals surface area contributed by atoms with Gasteiger partial charge in [0.1, 0.15) is 18.3 Å². The number of nitrogens with zero attached hydrogens (tertiary/aromatic N) is 1. The number of benzene rings is 1. The second kappa shape index (κ2) is 13.5. The van der Waals surface area contributed by atoms with Crippen molar-refractivity contribution < 1.29 is 33.3 Å². The SMILES string of the molecule is CC(C)(C)OC(=O)N[C@H]1CC[C@@H](NC(=O)Nc2ccnc(-c3cccc4c3OC(CNC(=O)C3CCOCC3)CO4)c2)C1. The van der Waals surface area contributed by atoms with Crippen molar-refractivity contribution in [1.82, 2.24) is 20.9 Å². The lowest BCUT2D eigenvalue weighted by Crippen LogP contribution is -2.43. The summed E-state index contributed by atoms with van der Waals surface area (Å²) in [6.45, 7) is 7.32. The average Bonchev–Trinajstić information content (AvgIpc) is 3.41. The van der Waals surface area contributed by atoms with E-state index in [9.17, 15) is 14.4 Å². The molecule has 1 aromatic carbocycles. The van der Waals surface area contributed by atoms with Crippen LogP contribution in [0.1, 0.15) is 52.9 Å². The number of alkyl carbamates (subject to hydrolysis) is 1. The van der Waals surface area contributed by atoms with E-state index in [1.165, 1.54) is 0 Å². The van der Waals surface area contributed by atoms with Crippen LogP contribution in [-0.4, -0.2) is 73.2 Å². The third kappa shape index (κ3) is 8.50. The number of amides is 4. The van der Waals surface area contributed by atoms with E-state index in [-0.39, 0.29) is 36.0 Å². The Morgan fingerprint density at radius 3 is 2.56 bits per heavy atom. The number of carbonyl (C=O) groups excluding carboxylic acids is 3. The fourth-order valence-electron chi connectivity index (χ4n) is 5.48. The number of anilines is 1. The minimum Gasteiger partial charge on any atom is -0.486 e. The van der Waals surface area contributed by atoms with Gasteiger partial charge in [0.2, 0.25) is 5.91 Å². The first-order valence-electron chi connectivity index (χ1n) is 14.9. The minimum absolute atomic E-state index is 0.0112. The molecule has 1 saturated carbocycles. The minimum atomic E-state index is -0.564. The molecule has 3 aliphatic rings. The van der Waals surface area contributed by atoms with Gasteiger partial charge in [-0.3, -0.25) is 9.78 Å². The highest BCUT2D eigenvalue weighted by Gasteiger charge is 2.30. The van der Waals surface area contributed by atoms with Gasteiger partial charge in [-0.1, -0.05) is 6.07 Å². The van der Waals surface area contributed by atoms with Crippen LogP contribution in [0.25, 0.3) is 11.3 Å². The lowest BCUT2D eigenvalue weighted by atomic mass is 9.99. The average molecular weight is 596 g/mol. The van der Waals surface area contributed by atoms with E-state index >= 15 is 0 Å². The molecule has 12 heteroatoms. The lowest BCUT2D eigenvalue weighted by Gasteiger charge is -2.29. The van der Waals surface area contributed by atoms with Crippen molar-refractivity contribution in [1.29, 1.82) is 0 Å². The Morgan fingerprint density at radius 2 is 1.79 bits per heavy atom. The first-order chi connectivity index (χ1) is 20.6. The van der Waals surface area contributed by atoms with Gasteiger partial charge < -0.3 is 40.2 Å². The van der Waals surface area contributed by atoms with Crippen molar-refractivity contribution in [3.8, 4) is 22.8 Å². The van der Waals surface area contributed by atoms with Gasteiger partial charge in [-0.15, -0.1) is 0 Å². The number of pyridine rings is 1. The first kappa shape index (κ1) is 30.4. The van der Waals surface area contributed by atoms with E-state index in [1.54, 1.807) is 18.3 Å². The van der Waals surface area contributed by atoms with Crippen LogP contribution in [-0.2, 0) is 14.3 Å². The zero-order valence-corrected chi connectivity index (χ0v) is 24.9. The normalized spacial score (nSPS) is 21.9. The first-order valence-corrected chi connectivity index (χ1v) is 14.9. The van der Waals surface area contributed by atoms with Crippen LogP contribution in [0, 0.1) is 5.92 Å². The molecule has 2 aliphatic heterocycles. The fourth-order valence-corrected chi connectivity index (χ4v) is 5.48. The number of hydrogen-bond acceptors (Lipinski definition) is 8. The molecular formula is C31H41N5O7. The van der Waals surface area contributed by atoms with Crippen LogP contribution in [0.3, 0.4) is 0 Å². The molecular weight excluding hydrogens is 554 g/mol. The molecule has 1 saturated heterocycles. The molecule has 2 aromatic rings. The topological polar surface area (TPSA) is 149 Å². The Balaban J connectivity index is 1.15. The number of fused-ring (bicyclic) bond motifs is 1. The molecule has 43 heavy (non-hydrogen) atoms. The van der Waals surface area contributed by atoms with Crippen LogP contribution in [0.2, 0.25) is 0 Å². The predicted octanol–water partition coefficient (Wildman–Crippen LogP) is 4.00. The Labute approximate surface area is 251 Å². The monoisotopic (exact) mass is 595 g/mol. The molecule has 4 amide bonds. The predicted molar refractivity (Wildman–Crippen MR) is 159 cm³/mol. The van der Waals surface area contributed by atoms with Crippen LogP contribution < -0.4 is 30.7 Å². The smallest absolute Gasteiger partial charge is 0.407 e. The number of nitrogens with one attached hydrogen (secondary N) is 4. The Hall–Kier alpha value is -4.06. The lowest BCUT2D eigenvalue weighted by molar-refractivity contribution is -0.128. The number of para-hydroxylation sites is 1. The number of rotatable bonds is 7. The second-order valence-electron chi connectivity index (χ2n) is 12.2. The number of ether oxygens (including phenoxy) is 4. The van der Waals surface area contributed by atoms with Crippen molar-refractivity contribution in [2.75, 3.05) is 31.7 Å². The van der Waals surface area contributed by atoms with Crippen LogP contribution in [0.15, 0.2) is 36.5 Å². The maximum atomic E-state index is 12.8. The summed E-state index contributed by atoms with van der Waals surface area (Å²) in [6, 6.07) is 8.60. The van der Waals surface area contributed by atoms with Gasteiger partial charge in [-0.05, 0) is 77.1 Å². The van der Waals surface area contributed by atoms with E-state index in [0.29, 0.717) is 61.2 Å². The largest absolute Gasteiger partial charge is 0.486 e. The molecule has 0 bridgehead atoms. The molecule has 1 aliphatic carbocycles. The van der Waals surface area contributed by atoms with Gasteiger partial charge in [-0.25, -0.2) is 9.59 Å². The van der Waals surface area contributed by atoms with Gasteiger partial charge in [0, 0.05) is 48.7 Å². The molecule has 0 radical (unpaired) electrons. The summed E-state index contributed by atoms with van der Waals surface area (Å²) in [4.78, 5) is 42.0. The van der Waals surface area contributed by atoms with Crippen molar-refractivity contribution in [2.45, 2.75) is 76.7 Å². The van der Waals surface area contributed by atoms with Gasteiger partial charge in [-0.2, -0.15) is 0 Å². The number of carbonyl (C=O) groups is 3. The van der Waals surface area contributed by atoms with Gasteiger partial charge in [0.05, 0.1) is 12.2 Å². The molecule has 3 atom stereocenters. The fraction of sp³-hybridized carbons (Fsp3) is 0.548. The summed E-state index contributed by atoms with van der Waals surface area (Å²) in [6.07, 6.45) is 4.39. The van der Waals surface area contributed by atoms with Gasteiger partial charge >= 0.3 is 12.1 Å². The summed E-state index contributed by atoms with van der Waals surface area (Å²) in [7, 11) is 0. The van der Waals surface area contributed by atoms with E-state index < -0.39 is 11.7 Å². The third-order valence-corrected chi connectivity index (χ3v) is 7.57. The van der Waals surface area contributed by atoms with Crippen molar-refractivity contribution >= 4 is 23.7 Å². The molecule has 12 nitrogen and oxygen atoms in total. The molecule has 1 unspecified atom stereocenters. The summed E-state index contributed by atoms with van der Waals surface area (Å²) in [5.41, 5.74) is 1.33. The van der Waals surface area contributed by atoms with Crippen molar-refractivity contribution in [2.24, 2.45) is 5.92 Å². The molecule has 4 N–H and O–H groups in total. The number of hydrogen-bond donors (Lipinski definition) is 4. The molecule has 0 spiro atoms.